The van der Waals surface area contributed by atoms with Gasteiger partial charge in [-0.15, -0.1) is 0 Å². The van der Waals surface area contributed by atoms with E-state index in [9.17, 15) is 0 Å². The number of anilines is 3. The standard InChI is InChI=1S/C48H34BN3O/c1-48(2,3)29-14-11-17-31(28-29)51-39-23-13-24-40-43(39)49(47-46(51)34-19-8-10-25-41(34)53-47)36-21-12-20-35-42-38(52(40)44(35)36)27-26-33-32-18-7-9-22-37(32)50(45(33)42)30-15-5-4-6-16-30/h4-28H,1-3H3. The molecule has 0 radical (unpaired) electrons. The van der Waals surface area contributed by atoms with Gasteiger partial charge in [0, 0.05) is 55.2 Å². The summed E-state index contributed by atoms with van der Waals surface area (Å²) < 4.78 is 12.0. The summed E-state index contributed by atoms with van der Waals surface area (Å²) in [6, 6.07) is 55.7. The Bertz CT molecular complexity index is 3180. The summed E-state index contributed by atoms with van der Waals surface area (Å²) in [6.07, 6.45) is 0. The van der Waals surface area contributed by atoms with E-state index in [4.69, 9.17) is 4.42 Å². The molecule has 2 aliphatic heterocycles. The van der Waals surface area contributed by atoms with Crippen LogP contribution < -0.4 is 21.5 Å². The van der Waals surface area contributed by atoms with E-state index < -0.39 is 0 Å². The van der Waals surface area contributed by atoms with Crippen molar-refractivity contribution in [2.75, 3.05) is 4.90 Å². The van der Waals surface area contributed by atoms with E-state index in [1.165, 1.54) is 71.5 Å². The molecule has 0 amide bonds. The first-order valence-corrected chi connectivity index (χ1v) is 18.6. The van der Waals surface area contributed by atoms with Crippen LogP contribution in [0, 0.1) is 0 Å². The quantitative estimate of drug-likeness (QED) is 0.170. The summed E-state index contributed by atoms with van der Waals surface area (Å²) in [7, 11) is 0. The molecule has 0 spiro atoms. The maximum absolute atomic E-state index is 7.04. The fourth-order valence-electron chi connectivity index (χ4n) is 9.59. The van der Waals surface area contributed by atoms with E-state index in [1.54, 1.807) is 0 Å². The Morgan fingerprint density at radius 2 is 1.25 bits per heavy atom. The first-order chi connectivity index (χ1) is 26.0. The third-order valence-corrected chi connectivity index (χ3v) is 11.8. The molecule has 0 saturated carbocycles. The topological polar surface area (TPSA) is 26.2 Å². The predicted octanol–water partition coefficient (Wildman–Crippen LogP) is 10.5. The normalized spacial score (nSPS) is 13.5. The van der Waals surface area contributed by atoms with Crippen LogP contribution in [-0.4, -0.2) is 15.8 Å². The third kappa shape index (κ3) is 3.71. The van der Waals surface area contributed by atoms with Gasteiger partial charge in [-0.2, -0.15) is 0 Å². The maximum atomic E-state index is 7.04. The zero-order chi connectivity index (χ0) is 35.2. The molecule has 0 aliphatic carbocycles. The highest BCUT2D eigenvalue weighted by Gasteiger charge is 2.45. The number of nitrogens with zero attached hydrogens (tertiary/aromatic N) is 3. The Morgan fingerprint density at radius 3 is 2.11 bits per heavy atom. The average Bonchev–Trinajstić information content (AvgIpc) is 3.85. The lowest BCUT2D eigenvalue weighted by atomic mass is 9.36. The van der Waals surface area contributed by atoms with Crippen molar-refractivity contribution in [2.45, 2.75) is 26.2 Å². The van der Waals surface area contributed by atoms with Crippen LogP contribution in [0.1, 0.15) is 26.3 Å². The number of rotatable bonds is 2. The molecule has 0 saturated heterocycles. The second-order valence-electron chi connectivity index (χ2n) is 15.7. The molecule has 12 rings (SSSR count). The monoisotopic (exact) mass is 679 g/mol. The summed E-state index contributed by atoms with van der Waals surface area (Å²) in [4.78, 5) is 2.47. The molecule has 3 aromatic heterocycles. The first kappa shape index (κ1) is 29.2. The van der Waals surface area contributed by atoms with Gasteiger partial charge in [-0.1, -0.05) is 112 Å². The summed E-state index contributed by atoms with van der Waals surface area (Å²) in [5.74, 6) is 0. The zero-order valence-corrected chi connectivity index (χ0v) is 29.8. The van der Waals surface area contributed by atoms with Gasteiger partial charge >= 0.3 is 0 Å². The van der Waals surface area contributed by atoms with E-state index in [2.05, 4.69) is 186 Å². The molecule has 0 unspecified atom stereocenters. The van der Waals surface area contributed by atoms with Crippen LogP contribution in [0.3, 0.4) is 0 Å². The van der Waals surface area contributed by atoms with Crippen molar-refractivity contribution in [3.05, 3.63) is 157 Å². The molecule has 0 N–H and O–H groups in total. The van der Waals surface area contributed by atoms with Gasteiger partial charge in [-0.25, -0.2) is 0 Å². The lowest BCUT2D eigenvalue weighted by Crippen LogP contribution is -2.59. The highest BCUT2D eigenvalue weighted by molar-refractivity contribution is 7.00. The molecule has 7 aromatic carbocycles. The number of fused-ring (bicyclic) bond motifs is 13. The first-order valence-electron chi connectivity index (χ1n) is 18.6. The molecule has 4 nitrogen and oxygen atoms in total. The lowest BCUT2D eigenvalue weighted by molar-refractivity contribution is 0.590. The zero-order valence-electron chi connectivity index (χ0n) is 29.8. The van der Waals surface area contributed by atoms with Crippen LogP contribution in [0.25, 0.3) is 66.0 Å². The number of aromatic nitrogens is 2. The molecule has 10 aromatic rings. The van der Waals surface area contributed by atoms with Gasteiger partial charge in [0.15, 0.2) is 0 Å². The molecular weight excluding hydrogens is 645 g/mol. The van der Waals surface area contributed by atoms with E-state index in [0.29, 0.717) is 0 Å². The van der Waals surface area contributed by atoms with Crippen LogP contribution in [0.4, 0.5) is 17.1 Å². The predicted molar refractivity (Wildman–Crippen MR) is 223 cm³/mol. The molecule has 0 bridgehead atoms. The van der Waals surface area contributed by atoms with E-state index >= 15 is 0 Å². The average molecular weight is 680 g/mol. The lowest BCUT2D eigenvalue weighted by Gasteiger charge is -2.38. The highest BCUT2D eigenvalue weighted by Crippen LogP contribution is 2.47. The minimum absolute atomic E-state index is 0.00783. The second kappa shape index (κ2) is 10.1. The molecule has 5 heteroatoms. The van der Waals surface area contributed by atoms with Gasteiger partial charge < -0.3 is 18.5 Å². The van der Waals surface area contributed by atoms with Crippen molar-refractivity contribution in [3.8, 4) is 11.4 Å². The molecule has 2 aliphatic rings. The van der Waals surface area contributed by atoms with Crippen molar-refractivity contribution in [3.63, 3.8) is 0 Å². The van der Waals surface area contributed by atoms with Crippen molar-refractivity contribution in [1.29, 1.82) is 0 Å². The largest absolute Gasteiger partial charge is 0.468 e. The van der Waals surface area contributed by atoms with Gasteiger partial charge in [0.1, 0.15) is 5.58 Å². The molecule has 0 atom stereocenters. The van der Waals surface area contributed by atoms with E-state index in [1.807, 2.05) is 0 Å². The summed E-state index contributed by atoms with van der Waals surface area (Å²) in [5.41, 5.74) is 16.5. The Labute approximate surface area is 307 Å². The number of hydrogen-bond acceptors (Lipinski definition) is 2. The van der Waals surface area contributed by atoms with Gasteiger partial charge in [-0.05, 0) is 82.6 Å². The van der Waals surface area contributed by atoms with Gasteiger partial charge in [0.2, 0.25) is 0 Å². The molecule has 5 heterocycles. The maximum Gasteiger partial charge on any atom is 0.297 e. The fourth-order valence-corrected chi connectivity index (χ4v) is 9.59. The van der Waals surface area contributed by atoms with Crippen molar-refractivity contribution >= 4 is 94.9 Å². The highest BCUT2D eigenvalue weighted by atomic mass is 16.3. The number of hydrogen-bond donors (Lipinski definition) is 0. The Kier molecular flexibility index (Phi) is 5.56. The minimum Gasteiger partial charge on any atom is -0.468 e. The minimum atomic E-state index is -0.0679. The fraction of sp³-hybridized carbons (Fsp3) is 0.0833. The molecule has 53 heavy (non-hydrogen) atoms. The van der Waals surface area contributed by atoms with Crippen LogP contribution in [0.2, 0.25) is 0 Å². The smallest absolute Gasteiger partial charge is 0.297 e. The third-order valence-electron chi connectivity index (χ3n) is 11.8. The Hall–Kier alpha value is -6.46. The Balaban J connectivity index is 1.24. The SMILES string of the molecule is CC(C)(C)c1cccc(N2c3cccc4c3B(c3oc5ccccc5c32)c2cccc3c5c(ccc6c7ccccc7n(-c7ccccc7)c65)n-4c23)c1. The summed E-state index contributed by atoms with van der Waals surface area (Å²) >= 11 is 0. The van der Waals surface area contributed by atoms with Crippen molar-refractivity contribution < 1.29 is 4.42 Å². The van der Waals surface area contributed by atoms with Crippen molar-refractivity contribution in [2.24, 2.45) is 0 Å². The second-order valence-corrected chi connectivity index (χ2v) is 15.7. The van der Waals surface area contributed by atoms with E-state index in [0.717, 1.165) is 33.7 Å². The number of benzene rings is 7. The summed E-state index contributed by atoms with van der Waals surface area (Å²) in [6.45, 7) is 6.79. The van der Waals surface area contributed by atoms with Crippen LogP contribution >= 0.6 is 0 Å². The molecular formula is C48H34BN3O. The number of furan rings is 1. The van der Waals surface area contributed by atoms with Gasteiger partial charge in [0.05, 0.1) is 27.9 Å². The van der Waals surface area contributed by atoms with Gasteiger partial charge in [-0.3, -0.25) is 0 Å². The number of para-hydroxylation sites is 4. The Morgan fingerprint density at radius 1 is 0.528 bits per heavy atom. The van der Waals surface area contributed by atoms with E-state index in [-0.39, 0.29) is 12.1 Å². The molecule has 0 fully saturated rings. The van der Waals surface area contributed by atoms with Crippen LogP contribution in [0.5, 0.6) is 0 Å². The van der Waals surface area contributed by atoms with Crippen molar-refractivity contribution in [1.82, 2.24) is 9.13 Å². The van der Waals surface area contributed by atoms with Gasteiger partial charge in [0.25, 0.3) is 6.71 Å². The molecule has 250 valence electrons. The van der Waals surface area contributed by atoms with Crippen LogP contribution in [0.15, 0.2) is 156 Å². The summed E-state index contributed by atoms with van der Waals surface area (Å²) in [5, 5.41) is 6.19. The van der Waals surface area contributed by atoms with Crippen LogP contribution in [-0.2, 0) is 5.41 Å².